The van der Waals surface area contributed by atoms with Crippen molar-refractivity contribution in [2.75, 3.05) is 20.7 Å². The Bertz CT molecular complexity index is 977. The van der Waals surface area contributed by atoms with E-state index < -0.39 is 11.9 Å². The molecule has 0 aliphatic carbocycles. The SMILES string of the molecule is CCOc1ccc(C=C(C(=O)OC2CC(C)(C)N(C)C(C)(C)C2)C(=O)OC2CC(C)(C)N(C)C(C)(C)C2)cc1. The van der Waals surface area contributed by atoms with Crippen molar-refractivity contribution in [3.05, 3.63) is 35.4 Å². The maximum absolute atomic E-state index is 13.6. The van der Waals surface area contributed by atoms with Gasteiger partial charge >= 0.3 is 11.9 Å². The first-order valence-electron chi connectivity index (χ1n) is 14.2. The van der Waals surface area contributed by atoms with E-state index in [1.54, 1.807) is 6.08 Å². The third-order valence-corrected chi connectivity index (χ3v) is 9.03. The van der Waals surface area contributed by atoms with E-state index in [1.165, 1.54) is 0 Å². The molecule has 0 bridgehead atoms. The monoisotopic (exact) mass is 542 g/mol. The number of ether oxygens (including phenoxy) is 3. The molecule has 0 radical (unpaired) electrons. The van der Waals surface area contributed by atoms with Crippen molar-refractivity contribution in [3.63, 3.8) is 0 Å². The average molecular weight is 543 g/mol. The van der Waals surface area contributed by atoms with Gasteiger partial charge in [0.2, 0.25) is 0 Å². The van der Waals surface area contributed by atoms with E-state index in [0.717, 1.165) is 5.75 Å². The Morgan fingerprint density at radius 3 is 1.44 bits per heavy atom. The third-order valence-electron chi connectivity index (χ3n) is 9.03. The normalized spacial score (nSPS) is 23.1. The molecule has 0 aromatic heterocycles. The summed E-state index contributed by atoms with van der Waals surface area (Å²) in [5, 5.41) is 0. The molecule has 7 nitrogen and oxygen atoms in total. The molecule has 2 heterocycles. The molecule has 1 aromatic carbocycles. The molecule has 0 saturated carbocycles. The lowest BCUT2D eigenvalue weighted by Crippen LogP contribution is -2.60. The number of esters is 2. The van der Waals surface area contributed by atoms with Gasteiger partial charge in [-0.2, -0.15) is 0 Å². The van der Waals surface area contributed by atoms with Gasteiger partial charge in [0.15, 0.2) is 0 Å². The molecule has 39 heavy (non-hydrogen) atoms. The van der Waals surface area contributed by atoms with Crippen LogP contribution in [0.25, 0.3) is 6.08 Å². The maximum atomic E-state index is 13.6. The van der Waals surface area contributed by atoms with E-state index in [2.05, 4.69) is 79.3 Å². The molecule has 0 amide bonds. The minimum absolute atomic E-state index is 0.0803. The molecular weight excluding hydrogens is 492 g/mol. The number of likely N-dealkylation sites (tertiary alicyclic amines) is 2. The van der Waals surface area contributed by atoms with Gasteiger partial charge in [0.25, 0.3) is 0 Å². The highest BCUT2D eigenvalue weighted by atomic mass is 16.6. The largest absolute Gasteiger partial charge is 0.494 e. The van der Waals surface area contributed by atoms with Crippen LogP contribution in [-0.2, 0) is 19.1 Å². The minimum atomic E-state index is -0.638. The van der Waals surface area contributed by atoms with Gasteiger partial charge in [0, 0.05) is 47.8 Å². The standard InChI is InChI=1S/C32H50N2O5/c1-12-37-23-15-13-22(14-16-23)17-26(27(35)38-24-18-29(2,3)33(10)30(4,5)19-24)28(36)39-25-20-31(6,7)34(11)32(8,9)21-25/h13-17,24-25H,12,18-21H2,1-11H3. The summed E-state index contributed by atoms with van der Waals surface area (Å²) in [5.41, 5.74) is 0.00266. The second-order valence-electron chi connectivity index (χ2n) is 13.8. The summed E-state index contributed by atoms with van der Waals surface area (Å²) >= 11 is 0. The summed E-state index contributed by atoms with van der Waals surface area (Å²) in [5.74, 6) is -0.545. The molecule has 0 atom stereocenters. The van der Waals surface area contributed by atoms with Crippen molar-refractivity contribution in [1.82, 2.24) is 9.80 Å². The minimum Gasteiger partial charge on any atom is -0.494 e. The van der Waals surface area contributed by atoms with Gasteiger partial charge in [0.1, 0.15) is 23.5 Å². The number of hydrogen-bond donors (Lipinski definition) is 0. The molecule has 2 fully saturated rings. The molecule has 0 spiro atoms. The molecule has 0 unspecified atom stereocenters. The third kappa shape index (κ3) is 7.23. The highest BCUT2D eigenvalue weighted by Crippen LogP contribution is 2.40. The predicted molar refractivity (Wildman–Crippen MR) is 156 cm³/mol. The lowest BCUT2D eigenvalue weighted by atomic mass is 9.78. The smallest absolute Gasteiger partial charge is 0.345 e. The van der Waals surface area contributed by atoms with E-state index in [0.29, 0.717) is 37.9 Å². The highest BCUT2D eigenvalue weighted by molar-refractivity contribution is 6.17. The number of rotatable bonds is 7. The van der Waals surface area contributed by atoms with Gasteiger partial charge in [0.05, 0.1) is 6.61 Å². The number of carbonyl (C=O) groups is 2. The van der Waals surface area contributed by atoms with Crippen molar-refractivity contribution in [2.24, 2.45) is 0 Å². The van der Waals surface area contributed by atoms with Crippen LogP contribution in [0.5, 0.6) is 5.75 Å². The molecule has 2 aliphatic rings. The van der Waals surface area contributed by atoms with Crippen molar-refractivity contribution in [2.45, 2.75) is 122 Å². The Hall–Kier alpha value is -2.38. The van der Waals surface area contributed by atoms with Crippen LogP contribution in [0, 0.1) is 0 Å². The molecule has 1 aromatic rings. The highest BCUT2D eigenvalue weighted by Gasteiger charge is 2.46. The van der Waals surface area contributed by atoms with Gasteiger partial charge in [-0.1, -0.05) is 12.1 Å². The van der Waals surface area contributed by atoms with Crippen LogP contribution in [-0.4, -0.2) is 76.8 Å². The van der Waals surface area contributed by atoms with Crippen molar-refractivity contribution < 1.29 is 23.8 Å². The first-order valence-corrected chi connectivity index (χ1v) is 14.2. The zero-order valence-corrected chi connectivity index (χ0v) is 26.0. The number of piperidine rings is 2. The van der Waals surface area contributed by atoms with E-state index in [1.807, 2.05) is 31.2 Å². The number of benzene rings is 1. The Morgan fingerprint density at radius 2 is 1.10 bits per heavy atom. The van der Waals surface area contributed by atoms with Gasteiger partial charge in [-0.3, -0.25) is 9.80 Å². The van der Waals surface area contributed by atoms with Crippen molar-refractivity contribution in [1.29, 1.82) is 0 Å². The lowest BCUT2D eigenvalue weighted by molar-refractivity contribution is -0.162. The fraction of sp³-hybridized carbons (Fsp3) is 0.688. The summed E-state index contributed by atoms with van der Waals surface area (Å²) in [6, 6.07) is 7.31. The first kappa shape index (κ1) is 31.2. The van der Waals surface area contributed by atoms with E-state index in [4.69, 9.17) is 14.2 Å². The van der Waals surface area contributed by atoms with Gasteiger partial charge < -0.3 is 14.2 Å². The second kappa shape index (κ2) is 11.2. The zero-order chi connectivity index (χ0) is 29.4. The van der Waals surface area contributed by atoms with Gasteiger partial charge in [-0.05, 0) is 100 Å². The molecular formula is C32H50N2O5. The molecule has 2 saturated heterocycles. The fourth-order valence-electron chi connectivity index (χ4n) is 6.35. The Labute approximate surface area is 235 Å². The summed E-state index contributed by atoms with van der Waals surface area (Å²) in [7, 11) is 4.22. The Balaban J connectivity index is 1.88. The summed E-state index contributed by atoms with van der Waals surface area (Å²) < 4.78 is 17.6. The van der Waals surface area contributed by atoms with Crippen LogP contribution in [0.3, 0.4) is 0 Å². The lowest BCUT2D eigenvalue weighted by Gasteiger charge is -2.53. The molecule has 0 N–H and O–H groups in total. The number of nitrogens with zero attached hydrogens (tertiary/aromatic N) is 2. The van der Waals surface area contributed by atoms with Gasteiger partial charge in [-0.25, -0.2) is 9.59 Å². The summed E-state index contributed by atoms with van der Waals surface area (Å²) in [6.45, 7) is 19.7. The fourth-order valence-corrected chi connectivity index (χ4v) is 6.35. The topological polar surface area (TPSA) is 68.3 Å². The maximum Gasteiger partial charge on any atom is 0.345 e. The van der Waals surface area contributed by atoms with E-state index in [9.17, 15) is 9.59 Å². The van der Waals surface area contributed by atoms with Crippen LogP contribution >= 0.6 is 0 Å². The van der Waals surface area contributed by atoms with Crippen LogP contribution in [0.4, 0.5) is 0 Å². The van der Waals surface area contributed by atoms with E-state index in [-0.39, 0.29) is 39.9 Å². The summed E-state index contributed by atoms with van der Waals surface area (Å²) in [4.78, 5) is 31.9. The van der Waals surface area contributed by atoms with Crippen LogP contribution in [0.15, 0.2) is 29.8 Å². The molecule has 2 aliphatic heterocycles. The molecule has 3 rings (SSSR count). The van der Waals surface area contributed by atoms with Crippen molar-refractivity contribution in [3.8, 4) is 5.75 Å². The number of hydrogen-bond acceptors (Lipinski definition) is 7. The first-order chi connectivity index (χ1) is 17.9. The van der Waals surface area contributed by atoms with Crippen LogP contribution < -0.4 is 4.74 Å². The quantitative estimate of drug-likeness (QED) is 0.185. The summed E-state index contributed by atoms with van der Waals surface area (Å²) in [6.07, 6.45) is 3.69. The van der Waals surface area contributed by atoms with Crippen LogP contribution in [0.1, 0.15) is 93.6 Å². The van der Waals surface area contributed by atoms with Gasteiger partial charge in [-0.15, -0.1) is 0 Å². The van der Waals surface area contributed by atoms with E-state index >= 15 is 0 Å². The number of carbonyl (C=O) groups excluding carboxylic acids is 2. The Morgan fingerprint density at radius 1 is 0.744 bits per heavy atom. The van der Waals surface area contributed by atoms with Crippen LogP contribution in [0.2, 0.25) is 0 Å². The average Bonchev–Trinajstić information content (AvgIpc) is 2.79. The predicted octanol–water partition coefficient (Wildman–Crippen LogP) is 5.86. The second-order valence-corrected chi connectivity index (χ2v) is 13.8. The molecule has 7 heteroatoms. The zero-order valence-electron chi connectivity index (χ0n) is 26.0. The molecule has 218 valence electrons. The Kier molecular flexibility index (Phi) is 8.98. The van der Waals surface area contributed by atoms with Crippen molar-refractivity contribution >= 4 is 18.0 Å².